The van der Waals surface area contributed by atoms with Crippen molar-refractivity contribution < 1.29 is 24.9 Å². The van der Waals surface area contributed by atoms with E-state index in [9.17, 15) is 14.7 Å². The first-order chi connectivity index (χ1) is 15.1. The number of carboxylic acid groups (broad SMARTS) is 2. The summed E-state index contributed by atoms with van der Waals surface area (Å²) < 4.78 is 0. The fraction of sp³-hybridized carbons (Fsp3) is 0.407. The lowest BCUT2D eigenvalue weighted by molar-refractivity contribution is -0.132. The number of hydrogen-bond acceptors (Lipinski definition) is 3. The van der Waals surface area contributed by atoms with E-state index in [1.807, 2.05) is 13.0 Å². The fourth-order valence-corrected chi connectivity index (χ4v) is 3.17. The van der Waals surface area contributed by atoms with Gasteiger partial charge in [-0.15, -0.1) is 0 Å². The maximum Gasteiger partial charge on any atom is 0.335 e. The van der Waals surface area contributed by atoms with Crippen LogP contribution < -0.4 is 0 Å². The Morgan fingerprint density at radius 1 is 0.781 bits per heavy atom. The second-order valence-corrected chi connectivity index (χ2v) is 8.31. The van der Waals surface area contributed by atoms with Gasteiger partial charge in [-0.25, -0.2) is 9.59 Å². The maximum atomic E-state index is 11.1. The van der Waals surface area contributed by atoms with E-state index < -0.39 is 11.9 Å². The molecular formula is C27H36O5. The Hall–Kier alpha value is -3.08. The molecule has 0 bridgehead atoms. The Bertz CT molecular complexity index is 916. The van der Waals surface area contributed by atoms with E-state index >= 15 is 0 Å². The normalized spacial score (nSPS) is 13.4. The Morgan fingerprint density at radius 2 is 1.28 bits per heavy atom. The van der Waals surface area contributed by atoms with Gasteiger partial charge in [0.1, 0.15) is 5.75 Å². The molecule has 0 saturated heterocycles. The van der Waals surface area contributed by atoms with Gasteiger partial charge in [-0.1, -0.05) is 41.0 Å². The van der Waals surface area contributed by atoms with Crippen LogP contribution in [0.4, 0.5) is 0 Å². The Morgan fingerprint density at radius 3 is 1.78 bits per heavy atom. The lowest BCUT2D eigenvalue weighted by Gasteiger charge is -2.05. The van der Waals surface area contributed by atoms with E-state index in [1.54, 1.807) is 13.0 Å². The summed E-state index contributed by atoms with van der Waals surface area (Å²) in [5.41, 5.74) is 5.02. The number of aliphatic carboxylic acids is 1. The molecule has 0 aliphatic heterocycles. The second-order valence-electron chi connectivity index (χ2n) is 8.31. The molecule has 0 unspecified atom stereocenters. The van der Waals surface area contributed by atoms with E-state index in [1.165, 1.54) is 34.9 Å². The minimum atomic E-state index is -0.997. The summed E-state index contributed by atoms with van der Waals surface area (Å²) in [7, 11) is 0. The summed E-state index contributed by atoms with van der Waals surface area (Å²) in [5.74, 6) is -1.74. The number of benzene rings is 1. The van der Waals surface area contributed by atoms with Gasteiger partial charge in [0, 0.05) is 5.57 Å². The lowest BCUT2D eigenvalue weighted by atomic mass is 10.0. The number of allylic oxidation sites excluding steroid dienone is 7. The lowest BCUT2D eigenvalue weighted by Crippen LogP contribution is -1.97. The van der Waals surface area contributed by atoms with Crippen LogP contribution >= 0.6 is 0 Å². The molecule has 0 atom stereocenters. The zero-order chi connectivity index (χ0) is 24.1. The number of aromatic carboxylic acids is 1. The fourth-order valence-electron chi connectivity index (χ4n) is 3.17. The van der Waals surface area contributed by atoms with E-state index in [-0.39, 0.29) is 11.3 Å². The van der Waals surface area contributed by atoms with Crippen LogP contribution in [0.15, 0.2) is 64.8 Å². The molecule has 3 N–H and O–H groups in total. The van der Waals surface area contributed by atoms with Crippen LogP contribution in [0.2, 0.25) is 0 Å². The highest BCUT2D eigenvalue weighted by molar-refractivity contribution is 5.88. The van der Waals surface area contributed by atoms with Crippen LogP contribution in [-0.2, 0) is 11.2 Å². The molecule has 1 aromatic carbocycles. The number of rotatable bonds is 13. The van der Waals surface area contributed by atoms with Gasteiger partial charge < -0.3 is 15.3 Å². The highest BCUT2D eigenvalue weighted by atomic mass is 16.4. The van der Waals surface area contributed by atoms with Crippen molar-refractivity contribution in [2.45, 2.75) is 72.6 Å². The van der Waals surface area contributed by atoms with Gasteiger partial charge in [0.25, 0.3) is 0 Å². The first-order valence-electron chi connectivity index (χ1n) is 11.0. The Labute approximate surface area is 191 Å². The summed E-state index contributed by atoms with van der Waals surface area (Å²) in [4.78, 5) is 21.9. The number of carbonyl (C=O) groups is 2. The third kappa shape index (κ3) is 10.8. The zero-order valence-corrected chi connectivity index (χ0v) is 19.6. The predicted molar refractivity (Wildman–Crippen MR) is 129 cm³/mol. The molecule has 1 aromatic rings. The minimum Gasteiger partial charge on any atom is -0.508 e. The number of hydrogen-bond donors (Lipinski definition) is 3. The summed E-state index contributed by atoms with van der Waals surface area (Å²) in [6.45, 7) is 7.89. The topological polar surface area (TPSA) is 94.8 Å². The van der Waals surface area contributed by atoms with Crippen LogP contribution in [0.3, 0.4) is 0 Å². The molecule has 174 valence electrons. The minimum absolute atomic E-state index is 0.117. The van der Waals surface area contributed by atoms with Crippen molar-refractivity contribution >= 4 is 11.9 Å². The molecule has 5 nitrogen and oxygen atoms in total. The van der Waals surface area contributed by atoms with Crippen LogP contribution in [0.5, 0.6) is 5.75 Å². The van der Waals surface area contributed by atoms with Crippen molar-refractivity contribution in [2.24, 2.45) is 0 Å². The summed E-state index contributed by atoms with van der Waals surface area (Å²) in [5, 5.41) is 27.9. The number of carboxylic acids is 2. The van der Waals surface area contributed by atoms with Gasteiger partial charge in [0.05, 0.1) is 5.56 Å². The molecule has 0 saturated carbocycles. The molecule has 0 aliphatic carbocycles. The number of phenolic OH excluding ortho intramolecular Hbond substituents is 1. The molecule has 32 heavy (non-hydrogen) atoms. The maximum absolute atomic E-state index is 11.1. The van der Waals surface area contributed by atoms with E-state index in [2.05, 4.69) is 26.0 Å². The van der Waals surface area contributed by atoms with E-state index in [4.69, 9.17) is 10.2 Å². The summed E-state index contributed by atoms with van der Waals surface area (Å²) >= 11 is 0. The SMILES string of the molecule is CC(=CCCC(C)=CCc1cc(C(=O)O)ccc1O)CCC=C(C)CCC=C(C)C(=O)O. The van der Waals surface area contributed by atoms with Gasteiger partial charge >= 0.3 is 11.9 Å². The van der Waals surface area contributed by atoms with Crippen molar-refractivity contribution in [1.29, 1.82) is 0 Å². The van der Waals surface area contributed by atoms with Gasteiger partial charge in [0.15, 0.2) is 0 Å². The van der Waals surface area contributed by atoms with Gasteiger partial charge in [0.2, 0.25) is 0 Å². The molecule has 0 heterocycles. The smallest absolute Gasteiger partial charge is 0.335 e. The van der Waals surface area contributed by atoms with E-state index in [0.29, 0.717) is 17.6 Å². The molecule has 0 fully saturated rings. The molecule has 0 amide bonds. The Kier molecular flexibility index (Phi) is 11.9. The summed E-state index contributed by atoms with van der Waals surface area (Å²) in [6.07, 6.45) is 14.3. The third-order valence-electron chi connectivity index (χ3n) is 5.39. The van der Waals surface area contributed by atoms with Crippen molar-refractivity contribution in [1.82, 2.24) is 0 Å². The van der Waals surface area contributed by atoms with Crippen LogP contribution in [-0.4, -0.2) is 27.3 Å². The van der Waals surface area contributed by atoms with Crippen molar-refractivity contribution in [3.05, 3.63) is 75.9 Å². The molecule has 1 rings (SSSR count). The largest absolute Gasteiger partial charge is 0.508 e. The molecule has 0 aromatic heterocycles. The first-order valence-corrected chi connectivity index (χ1v) is 11.0. The number of aromatic hydroxyl groups is 1. The highest BCUT2D eigenvalue weighted by Crippen LogP contribution is 2.21. The summed E-state index contributed by atoms with van der Waals surface area (Å²) in [6, 6.07) is 4.35. The third-order valence-corrected chi connectivity index (χ3v) is 5.39. The predicted octanol–water partition coefficient (Wildman–Crippen LogP) is 6.84. The van der Waals surface area contributed by atoms with Crippen LogP contribution in [0, 0.1) is 0 Å². The quantitative estimate of drug-likeness (QED) is 0.230. The molecule has 0 spiro atoms. The first kappa shape index (κ1) is 27.0. The van der Waals surface area contributed by atoms with Gasteiger partial charge in [-0.05, 0) is 96.4 Å². The zero-order valence-electron chi connectivity index (χ0n) is 19.6. The Balaban J connectivity index is 2.42. The number of phenols is 1. The molecular weight excluding hydrogens is 404 g/mol. The molecule has 0 aliphatic rings. The molecule has 5 heteroatoms. The average Bonchev–Trinajstić information content (AvgIpc) is 2.72. The highest BCUT2D eigenvalue weighted by Gasteiger charge is 2.07. The van der Waals surface area contributed by atoms with Gasteiger partial charge in [-0.2, -0.15) is 0 Å². The average molecular weight is 441 g/mol. The van der Waals surface area contributed by atoms with Crippen molar-refractivity contribution in [2.75, 3.05) is 0 Å². The molecule has 0 radical (unpaired) electrons. The van der Waals surface area contributed by atoms with Gasteiger partial charge in [-0.3, -0.25) is 0 Å². The second kappa shape index (κ2) is 14.1. The monoisotopic (exact) mass is 440 g/mol. The van der Waals surface area contributed by atoms with Crippen LogP contribution in [0.1, 0.15) is 82.1 Å². The van der Waals surface area contributed by atoms with Crippen LogP contribution in [0.25, 0.3) is 0 Å². The van der Waals surface area contributed by atoms with E-state index in [0.717, 1.165) is 38.5 Å². The van der Waals surface area contributed by atoms with Crippen molar-refractivity contribution in [3.63, 3.8) is 0 Å². The van der Waals surface area contributed by atoms with Crippen molar-refractivity contribution in [3.8, 4) is 5.75 Å². The standard InChI is InChI=1S/C27H36O5/c1-19(8-5-9-20(2)12-7-13-22(4)26(29)30)10-6-11-21(3)14-15-23-18-24(27(31)32)16-17-25(23)28/h9-10,13-14,16-18,28H,5-8,11-12,15H2,1-4H3,(H,29,30)(H,31,32).